The number of para-hydroxylation sites is 1. The minimum atomic E-state index is -0.0951. The Kier molecular flexibility index (Phi) is 4.36. The highest BCUT2D eigenvalue weighted by atomic mass is 16.5. The van der Waals surface area contributed by atoms with Gasteiger partial charge < -0.3 is 9.64 Å². The molecule has 1 aromatic carbocycles. The summed E-state index contributed by atoms with van der Waals surface area (Å²) in [6.45, 7) is 1.85. The molecule has 0 fully saturated rings. The van der Waals surface area contributed by atoms with Gasteiger partial charge in [-0.25, -0.2) is 9.67 Å². The van der Waals surface area contributed by atoms with Crippen LogP contribution in [0.2, 0.25) is 0 Å². The summed E-state index contributed by atoms with van der Waals surface area (Å²) in [4.78, 5) is 23.4. The van der Waals surface area contributed by atoms with Gasteiger partial charge in [0.15, 0.2) is 0 Å². The molecule has 0 bridgehead atoms. The van der Waals surface area contributed by atoms with E-state index >= 15 is 0 Å². The molecule has 0 N–H and O–H groups in total. The molecule has 1 aliphatic heterocycles. The van der Waals surface area contributed by atoms with Crippen molar-refractivity contribution in [3.8, 4) is 5.75 Å². The van der Waals surface area contributed by atoms with E-state index in [4.69, 9.17) is 4.74 Å². The number of fused-ring (bicyclic) bond motifs is 2. The van der Waals surface area contributed by atoms with E-state index in [0.717, 1.165) is 22.3 Å². The third-order valence-corrected chi connectivity index (χ3v) is 4.96. The van der Waals surface area contributed by atoms with Gasteiger partial charge in [-0.2, -0.15) is 0 Å². The van der Waals surface area contributed by atoms with Gasteiger partial charge in [-0.3, -0.25) is 9.78 Å². The van der Waals surface area contributed by atoms with E-state index < -0.39 is 0 Å². The first-order chi connectivity index (χ1) is 14.3. The zero-order valence-corrected chi connectivity index (χ0v) is 15.6. The van der Waals surface area contributed by atoms with E-state index in [1.54, 1.807) is 23.4 Å². The first-order valence-corrected chi connectivity index (χ1v) is 9.37. The highest BCUT2D eigenvalue weighted by Crippen LogP contribution is 2.19. The van der Waals surface area contributed by atoms with E-state index in [2.05, 4.69) is 20.3 Å². The van der Waals surface area contributed by atoms with Crippen LogP contribution in [-0.4, -0.2) is 42.3 Å². The van der Waals surface area contributed by atoms with Gasteiger partial charge >= 0.3 is 0 Å². The summed E-state index contributed by atoms with van der Waals surface area (Å²) in [6, 6.07) is 15.1. The molecule has 1 amide bonds. The Morgan fingerprint density at radius 2 is 2.00 bits per heavy atom. The smallest absolute Gasteiger partial charge is 0.272 e. The summed E-state index contributed by atoms with van der Waals surface area (Å²) >= 11 is 0. The van der Waals surface area contributed by atoms with Crippen molar-refractivity contribution in [3.05, 3.63) is 78.0 Å². The SMILES string of the molecule is O=C(c1ccc2ccccc2n1)N1CCn2nnc(COc3cccnc3)c2C1. The molecule has 0 spiro atoms. The fraction of sp³-hybridized carbons (Fsp3) is 0.190. The molecule has 4 heterocycles. The molecular formula is C21H18N6O2. The zero-order chi connectivity index (χ0) is 19.6. The van der Waals surface area contributed by atoms with Gasteiger partial charge in [0.1, 0.15) is 23.7 Å². The van der Waals surface area contributed by atoms with Crippen molar-refractivity contribution in [2.45, 2.75) is 19.7 Å². The summed E-state index contributed by atoms with van der Waals surface area (Å²) in [5.74, 6) is 0.570. The van der Waals surface area contributed by atoms with Crippen LogP contribution in [0.1, 0.15) is 21.9 Å². The minimum Gasteiger partial charge on any atom is -0.486 e. The van der Waals surface area contributed by atoms with Gasteiger partial charge in [-0.05, 0) is 24.3 Å². The maximum absolute atomic E-state index is 13.0. The average molecular weight is 386 g/mol. The van der Waals surface area contributed by atoms with Crippen LogP contribution in [0.4, 0.5) is 0 Å². The van der Waals surface area contributed by atoms with Crippen LogP contribution in [0.25, 0.3) is 10.9 Å². The van der Waals surface area contributed by atoms with E-state index in [9.17, 15) is 4.79 Å². The van der Waals surface area contributed by atoms with Gasteiger partial charge in [0, 0.05) is 18.1 Å². The lowest BCUT2D eigenvalue weighted by Gasteiger charge is -2.27. The van der Waals surface area contributed by atoms with Crippen molar-refractivity contribution < 1.29 is 9.53 Å². The maximum Gasteiger partial charge on any atom is 0.272 e. The zero-order valence-electron chi connectivity index (χ0n) is 15.6. The quantitative estimate of drug-likeness (QED) is 0.536. The Bertz CT molecular complexity index is 1170. The van der Waals surface area contributed by atoms with Crippen molar-refractivity contribution in [2.24, 2.45) is 0 Å². The summed E-state index contributed by atoms with van der Waals surface area (Å²) in [5.41, 5.74) is 2.86. The van der Waals surface area contributed by atoms with Crippen LogP contribution in [-0.2, 0) is 19.7 Å². The van der Waals surface area contributed by atoms with Gasteiger partial charge in [0.05, 0.1) is 30.5 Å². The average Bonchev–Trinajstić information content (AvgIpc) is 3.20. The molecule has 1 aliphatic rings. The molecule has 8 heteroatoms. The van der Waals surface area contributed by atoms with Crippen LogP contribution in [0, 0.1) is 0 Å². The van der Waals surface area contributed by atoms with Crippen LogP contribution in [0.3, 0.4) is 0 Å². The molecule has 0 atom stereocenters. The molecular weight excluding hydrogens is 368 g/mol. The number of carbonyl (C=O) groups is 1. The third kappa shape index (κ3) is 3.40. The fourth-order valence-electron chi connectivity index (χ4n) is 3.41. The molecule has 5 rings (SSSR count). The molecule has 0 saturated carbocycles. The second kappa shape index (κ2) is 7.31. The molecule has 0 saturated heterocycles. The van der Waals surface area contributed by atoms with Gasteiger partial charge in [0.25, 0.3) is 5.91 Å². The van der Waals surface area contributed by atoms with Crippen molar-refractivity contribution >= 4 is 16.8 Å². The second-order valence-corrected chi connectivity index (χ2v) is 6.80. The molecule has 0 aliphatic carbocycles. The lowest BCUT2D eigenvalue weighted by atomic mass is 10.2. The van der Waals surface area contributed by atoms with E-state index in [1.165, 1.54) is 0 Å². The topological polar surface area (TPSA) is 86.0 Å². The number of nitrogens with zero attached hydrogens (tertiary/aromatic N) is 6. The Labute approximate surface area is 166 Å². The number of hydrogen-bond donors (Lipinski definition) is 0. The maximum atomic E-state index is 13.0. The number of pyridine rings is 2. The molecule has 0 unspecified atom stereocenters. The molecule has 29 heavy (non-hydrogen) atoms. The van der Waals surface area contributed by atoms with Crippen LogP contribution >= 0.6 is 0 Å². The van der Waals surface area contributed by atoms with Crippen LogP contribution in [0.15, 0.2) is 60.9 Å². The largest absolute Gasteiger partial charge is 0.486 e. The highest BCUT2D eigenvalue weighted by molar-refractivity contribution is 5.94. The lowest BCUT2D eigenvalue weighted by molar-refractivity contribution is 0.0698. The number of carbonyl (C=O) groups excluding carboxylic acids is 1. The molecule has 3 aromatic heterocycles. The highest BCUT2D eigenvalue weighted by Gasteiger charge is 2.26. The Morgan fingerprint density at radius 1 is 1.07 bits per heavy atom. The molecule has 144 valence electrons. The number of amides is 1. The monoisotopic (exact) mass is 386 g/mol. The third-order valence-electron chi connectivity index (χ3n) is 4.96. The predicted molar refractivity (Wildman–Crippen MR) is 105 cm³/mol. The van der Waals surface area contributed by atoms with E-state index in [1.807, 2.05) is 47.1 Å². The molecule has 8 nitrogen and oxygen atoms in total. The van der Waals surface area contributed by atoms with E-state index in [-0.39, 0.29) is 12.5 Å². The molecule has 0 radical (unpaired) electrons. The predicted octanol–water partition coefficient (Wildman–Crippen LogP) is 2.46. The number of benzene rings is 1. The van der Waals surface area contributed by atoms with Crippen LogP contribution < -0.4 is 4.74 Å². The number of aromatic nitrogens is 5. The first-order valence-electron chi connectivity index (χ1n) is 9.37. The van der Waals surface area contributed by atoms with Gasteiger partial charge in [-0.1, -0.05) is 29.5 Å². The normalized spacial score (nSPS) is 13.3. The second-order valence-electron chi connectivity index (χ2n) is 6.80. The Balaban J connectivity index is 1.34. The lowest BCUT2D eigenvalue weighted by Crippen LogP contribution is -2.39. The van der Waals surface area contributed by atoms with Crippen molar-refractivity contribution in [2.75, 3.05) is 6.54 Å². The van der Waals surface area contributed by atoms with Crippen molar-refractivity contribution in [1.82, 2.24) is 29.9 Å². The standard InChI is InChI=1S/C21H18N6O2/c28-21(18-8-7-15-4-1-2-6-17(15)23-18)26-10-11-27-20(13-26)19(24-25-27)14-29-16-5-3-9-22-12-16/h1-9,12H,10-11,13-14H2. The van der Waals surface area contributed by atoms with Crippen molar-refractivity contribution in [1.29, 1.82) is 0 Å². The summed E-state index contributed by atoms with van der Waals surface area (Å²) < 4.78 is 7.58. The van der Waals surface area contributed by atoms with Gasteiger partial charge in [0.2, 0.25) is 0 Å². The summed E-state index contributed by atoms with van der Waals surface area (Å²) in [5, 5.41) is 9.44. The Morgan fingerprint density at radius 3 is 2.90 bits per heavy atom. The number of rotatable bonds is 4. The van der Waals surface area contributed by atoms with Crippen LogP contribution in [0.5, 0.6) is 5.75 Å². The Hall–Kier alpha value is -3.81. The molecule has 4 aromatic rings. The number of ether oxygens (including phenoxy) is 1. The summed E-state index contributed by atoms with van der Waals surface area (Å²) in [7, 11) is 0. The van der Waals surface area contributed by atoms with Gasteiger partial charge in [-0.15, -0.1) is 5.10 Å². The fourth-order valence-corrected chi connectivity index (χ4v) is 3.41. The minimum absolute atomic E-state index is 0.0951. The van der Waals surface area contributed by atoms with Crippen molar-refractivity contribution in [3.63, 3.8) is 0 Å². The number of hydrogen-bond acceptors (Lipinski definition) is 6. The summed E-state index contributed by atoms with van der Waals surface area (Å²) in [6.07, 6.45) is 3.34. The first kappa shape index (κ1) is 17.3. The van der Waals surface area contributed by atoms with E-state index in [0.29, 0.717) is 31.1 Å².